The van der Waals surface area contributed by atoms with E-state index in [9.17, 15) is 0 Å². The van der Waals surface area contributed by atoms with Gasteiger partial charge in [-0.3, -0.25) is 4.90 Å². The Labute approximate surface area is 114 Å². The molecule has 102 valence electrons. The Morgan fingerprint density at radius 1 is 1.37 bits per heavy atom. The number of para-hydroxylation sites is 2. The lowest BCUT2D eigenvalue weighted by molar-refractivity contribution is 0.276. The Bertz CT molecular complexity index is 560. The Balaban J connectivity index is 1.73. The van der Waals surface area contributed by atoms with Crippen molar-refractivity contribution in [3.8, 4) is 0 Å². The lowest BCUT2D eigenvalue weighted by Gasteiger charge is -2.23. The van der Waals surface area contributed by atoms with Gasteiger partial charge in [0.2, 0.25) is 5.95 Å². The second-order valence-electron chi connectivity index (χ2n) is 5.29. The van der Waals surface area contributed by atoms with Gasteiger partial charge in [-0.15, -0.1) is 0 Å². The molecule has 1 saturated heterocycles. The van der Waals surface area contributed by atoms with Crippen molar-refractivity contribution < 1.29 is 0 Å². The van der Waals surface area contributed by atoms with Gasteiger partial charge in [-0.05, 0) is 38.1 Å². The van der Waals surface area contributed by atoms with Crippen LogP contribution in [0.15, 0.2) is 24.3 Å². The van der Waals surface area contributed by atoms with Gasteiger partial charge < -0.3 is 9.88 Å². The number of hydrogen-bond donors (Lipinski definition) is 1. The molecular weight excluding hydrogens is 236 g/mol. The van der Waals surface area contributed by atoms with Crippen LogP contribution in [0.2, 0.25) is 0 Å². The molecule has 0 spiro atoms. The predicted octanol–water partition coefficient (Wildman–Crippen LogP) is 2.47. The lowest BCUT2D eigenvalue weighted by atomic mass is 10.2. The van der Waals surface area contributed by atoms with Crippen LogP contribution in [0, 0.1) is 0 Å². The maximum atomic E-state index is 4.66. The number of rotatable bonds is 4. The first-order chi connectivity index (χ1) is 9.29. The minimum atomic E-state index is 0.657. The van der Waals surface area contributed by atoms with Crippen molar-refractivity contribution >= 4 is 17.0 Å². The highest BCUT2D eigenvalue weighted by Gasteiger charge is 2.22. The molecule has 1 aromatic heterocycles. The molecular formula is C15H22N4. The fourth-order valence-electron chi connectivity index (χ4n) is 3.06. The van der Waals surface area contributed by atoms with E-state index < -0.39 is 0 Å². The predicted molar refractivity (Wildman–Crippen MR) is 79.5 cm³/mol. The summed E-state index contributed by atoms with van der Waals surface area (Å²) in [7, 11) is 2.07. The van der Waals surface area contributed by atoms with Gasteiger partial charge in [-0.1, -0.05) is 19.1 Å². The normalized spacial score (nSPS) is 20.2. The molecule has 0 radical (unpaired) electrons. The summed E-state index contributed by atoms with van der Waals surface area (Å²) >= 11 is 0. The number of nitrogens with zero attached hydrogens (tertiary/aromatic N) is 3. The van der Waals surface area contributed by atoms with Crippen molar-refractivity contribution in [2.75, 3.05) is 25.0 Å². The highest BCUT2D eigenvalue weighted by molar-refractivity contribution is 5.78. The molecule has 1 unspecified atom stereocenters. The van der Waals surface area contributed by atoms with E-state index in [-0.39, 0.29) is 0 Å². The number of imidazole rings is 1. The summed E-state index contributed by atoms with van der Waals surface area (Å²) in [6.07, 6.45) is 2.62. The summed E-state index contributed by atoms with van der Waals surface area (Å²) in [6, 6.07) is 8.93. The van der Waals surface area contributed by atoms with Gasteiger partial charge in [-0.2, -0.15) is 0 Å². The molecule has 2 aromatic rings. The smallest absolute Gasteiger partial charge is 0.203 e. The van der Waals surface area contributed by atoms with Crippen LogP contribution in [0.4, 0.5) is 5.95 Å². The van der Waals surface area contributed by atoms with Gasteiger partial charge in [0, 0.05) is 19.6 Å². The largest absolute Gasteiger partial charge is 0.354 e. The molecule has 1 atom stereocenters. The third-order valence-electron chi connectivity index (χ3n) is 4.19. The highest BCUT2D eigenvalue weighted by atomic mass is 15.2. The zero-order chi connectivity index (χ0) is 13.2. The van der Waals surface area contributed by atoms with E-state index in [0.29, 0.717) is 6.04 Å². The molecule has 2 heterocycles. The zero-order valence-electron chi connectivity index (χ0n) is 11.8. The molecule has 1 fully saturated rings. The quantitative estimate of drug-likeness (QED) is 0.914. The molecule has 0 saturated carbocycles. The van der Waals surface area contributed by atoms with E-state index >= 15 is 0 Å². The molecule has 4 nitrogen and oxygen atoms in total. The third kappa shape index (κ3) is 2.32. The number of likely N-dealkylation sites (N-methyl/N-ethyl adjacent to an activating group) is 1. The SMILES string of the molecule is CCN1CCCC1CNc1nc2ccccc2n1C. The number of aryl methyl sites for hydroxylation is 1. The average Bonchev–Trinajstić information content (AvgIpc) is 3.01. The van der Waals surface area contributed by atoms with Crippen LogP contribution in [0.3, 0.4) is 0 Å². The molecule has 19 heavy (non-hydrogen) atoms. The molecule has 4 heteroatoms. The van der Waals surface area contributed by atoms with Crippen molar-refractivity contribution in [3.63, 3.8) is 0 Å². The number of fused-ring (bicyclic) bond motifs is 1. The summed E-state index contributed by atoms with van der Waals surface area (Å²) in [5.41, 5.74) is 2.25. The third-order valence-corrected chi connectivity index (χ3v) is 4.19. The van der Waals surface area contributed by atoms with Gasteiger partial charge in [0.15, 0.2) is 0 Å². The molecule has 1 N–H and O–H groups in total. The van der Waals surface area contributed by atoms with Crippen LogP contribution in [-0.2, 0) is 7.05 Å². The van der Waals surface area contributed by atoms with Gasteiger partial charge in [0.05, 0.1) is 11.0 Å². The fourth-order valence-corrected chi connectivity index (χ4v) is 3.06. The number of aromatic nitrogens is 2. The van der Waals surface area contributed by atoms with Gasteiger partial charge in [0.25, 0.3) is 0 Å². The molecule has 1 aromatic carbocycles. The number of hydrogen-bond acceptors (Lipinski definition) is 3. The van der Waals surface area contributed by atoms with Crippen molar-refractivity contribution in [3.05, 3.63) is 24.3 Å². The second kappa shape index (κ2) is 5.21. The monoisotopic (exact) mass is 258 g/mol. The van der Waals surface area contributed by atoms with E-state index in [2.05, 4.69) is 51.9 Å². The Morgan fingerprint density at radius 2 is 2.21 bits per heavy atom. The van der Waals surface area contributed by atoms with Gasteiger partial charge in [0.1, 0.15) is 0 Å². The standard InChI is InChI=1S/C15H22N4/c1-3-19-10-6-7-12(19)11-16-15-17-13-8-4-5-9-14(13)18(15)2/h4-5,8-9,12H,3,6-7,10-11H2,1-2H3,(H,16,17). The lowest BCUT2D eigenvalue weighted by Crippen LogP contribution is -2.35. The number of benzene rings is 1. The summed E-state index contributed by atoms with van der Waals surface area (Å²) in [5, 5.41) is 3.52. The molecule has 1 aliphatic rings. The first-order valence-electron chi connectivity index (χ1n) is 7.19. The van der Waals surface area contributed by atoms with E-state index in [1.165, 1.54) is 24.9 Å². The number of likely N-dealkylation sites (tertiary alicyclic amines) is 1. The molecule has 3 rings (SSSR count). The topological polar surface area (TPSA) is 33.1 Å². The summed E-state index contributed by atoms with van der Waals surface area (Å²) in [5.74, 6) is 0.976. The Kier molecular flexibility index (Phi) is 3.42. The highest BCUT2D eigenvalue weighted by Crippen LogP contribution is 2.20. The van der Waals surface area contributed by atoms with Crippen LogP contribution in [0.1, 0.15) is 19.8 Å². The molecule has 1 aliphatic heterocycles. The fraction of sp³-hybridized carbons (Fsp3) is 0.533. The van der Waals surface area contributed by atoms with Crippen molar-refractivity contribution in [1.82, 2.24) is 14.5 Å². The van der Waals surface area contributed by atoms with E-state index in [0.717, 1.165) is 24.6 Å². The van der Waals surface area contributed by atoms with Crippen LogP contribution < -0.4 is 5.32 Å². The van der Waals surface area contributed by atoms with E-state index in [1.807, 2.05) is 6.07 Å². The van der Waals surface area contributed by atoms with E-state index in [4.69, 9.17) is 0 Å². The van der Waals surface area contributed by atoms with Crippen molar-refractivity contribution in [2.24, 2.45) is 7.05 Å². The maximum absolute atomic E-state index is 4.66. The van der Waals surface area contributed by atoms with Crippen molar-refractivity contribution in [2.45, 2.75) is 25.8 Å². The van der Waals surface area contributed by atoms with Crippen LogP contribution in [0.5, 0.6) is 0 Å². The Morgan fingerprint density at radius 3 is 3.00 bits per heavy atom. The number of anilines is 1. The molecule has 0 aliphatic carbocycles. The minimum Gasteiger partial charge on any atom is -0.354 e. The van der Waals surface area contributed by atoms with Crippen LogP contribution in [0.25, 0.3) is 11.0 Å². The summed E-state index contributed by atoms with van der Waals surface area (Å²) in [6.45, 7) is 5.62. The summed E-state index contributed by atoms with van der Waals surface area (Å²) < 4.78 is 2.14. The number of nitrogens with one attached hydrogen (secondary N) is 1. The van der Waals surface area contributed by atoms with E-state index in [1.54, 1.807) is 0 Å². The maximum Gasteiger partial charge on any atom is 0.203 e. The first kappa shape index (κ1) is 12.5. The Hall–Kier alpha value is -1.55. The second-order valence-corrected chi connectivity index (χ2v) is 5.29. The molecule has 0 bridgehead atoms. The minimum absolute atomic E-state index is 0.657. The average molecular weight is 258 g/mol. The van der Waals surface area contributed by atoms with Crippen LogP contribution in [-0.4, -0.2) is 40.1 Å². The van der Waals surface area contributed by atoms with Gasteiger partial charge >= 0.3 is 0 Å². The van der Waals surface area contributed by atoms with Gasteiger partial charge in [-0.25, -0.2) is 4.98 Å². The van der Waals surface area contributed by atoms with Crippen LogP contribution >= 0.6 is 0 Å². The molecule has 0 amide bonds. The summed E-state index contributed by atoms with van der Waals surface area (Å²) in [4.78, 5) is 7.21. The zero-order valence-corrected chi connectivity index (χ0v) is 11.8. The first-order valence-corrected chi connectivity index (χ1v) is 7.19. The van der Waals surface area contributed by atoms with Crippen molar-refractivity contribution in [1.29, 1.82) is 0 Å².